The van der Waals surface area contributed by atoms with Gasteiger partial charge in [0.1, 0.15) is 5.75 Å². The van der Waals surface area contributed by atoms with Crippen molar-refractivity contribution in [2.75, 3.05) is 12.4 Å². The molecule has 0 fully saturated rings. The number of benzene rings is 2. The van der Waals surface area contributed by atoms with Gasteiger partial charge in [-0.15, -0.1) is 11.3 Å². The van der Waals surface area contributed by atoms with Crippen LogP contribution in [0.25, 0.3) is 10.2 Å². The van der Waals surface area contributed by atoms with Crippen LogP contribution in [0.2, 0.25) is 0 Å². The van der Waals surface area contributed by atoms with Crippen molar-refractivity contribution in [3.8, 4) is 5.75 Å². The molecule has 0 radical (unpaired) electrons. The molecule has 1 aliphatic rings. The van der Waals surface area contributed by atoms with E-state index in [1.807, 2.05) is 42.5 Å². The maximum atomic E-state index is 12.3. The zero-order valence-corrected chi connectivity index (χ0v) is 14.5. The number of carbonyl (C=O) groups is 1. The number of hydrogen-bond acceptors (Lipinski definition) is 5. The summed E-state index contributed by atoms with van der Waals surface area (Å²) in [5.74, 6) is 1.27. The summed E-state index contributed by atoms with van der Waals surface area (Å²) in [6.07, 6.45) is 0.800. The molecule has 4 nitrogen and oxygen atoms in total. The van der Waals surface area contributed by atoms with E-state index in [0.29, 0.717) is 12.4 Å². The van der Waals surface area contributed by atoms with Gasteiger partial charge in [-0.25, -0.2) is 4.98 Å². The summed E-state index contributed by atoms with van der Waals surface area (Å²) in [5.41, 5.74) is 2.05. The van der Waals surface area contributed by atoms with Crippen molar-refractivity contribution >= 4 is 39.2 Å². The number of thioether (sulfide) groups is 1. The van der Waals surface area contributed by atoms with Gasteiger partial charge in [-0.05, 0) is 18.2 Å². The number of rotatable bonds is 4. The SMILES string of the molecule is O=C(CSc1nc2ccccc2s1)NC1CCOc2ccccc21. The second-order valence-corrected chi connectivity index (χ2v) is 7.78. The molecular formula is C18H16N2O2S2. The van der Waals surface area contributed by atoms with E-state index in [1.54, 1.807) is 11.3 Å². The molecule has 4 rings (SSSR count). The van der Waals surface area contributed by atoms with Crippen LogP contribution in [0.1, 0.15) is 18.0 Å². The van der Waals surface area contributed by atoms with Gasteiger partial charge in [-0.2, -0.15) is 0 Å². The molecule has 0 saturated carbocycles. The topological polar surface area (TPSA) is 51.2 Å². The summed E-state index contributed by atoms with van der Waals surface area (Å²) in [6.45, 7) is 0.632. The fourth-order valence-electron chi connectivity index (χ4n) is 2.77. The maximum Gasteiger partial charge on any atom is 0.230 e. The standard InChI is InChI=1S/C18H16N2O2S2/c21-17(11-23-18-20-14-6-2-4-8-16(14)24-18)19-13-9-10-22-15-7-3-1-5-12(13)15/h1-8,13H,9-11H2,(H,19,21). The number of fused-ring (bicyclic) bond motifs is 2. The first kappa shape index (κ1) is 15.5. The first-order chi connectivity index (χ1) is 11.8. The summed E-state index contributed by atoms with van der Waals surface area (Å²) in [6, 6.07) is 15.9. The van der Waals surface area contributed by atoms with E-state index < -0.39 is 0 Å². The third-order valence-corrected chi connectivity index (χ3v) is 6.07. The maximum absolute atomic E-state index is 12.3. The normalized spacial score (nSPS) is 16.4. The molecule has 122 valence electrons. The lowest BCUT2D eigenvalue weighted by Gasteiger charge is -2.26. The van der Waals surface area contributed by atoms with E-state index in [9.17, 15) is 4.79 Å². The molecule has 24 heavy (non-hydrogen) atoms. The Balaban J connectivity index is 1.39. The predicted octanol–water partition coefficient (Wildman–Crippen LogP) is 4.03. The van der Waals surface area contributed by atoms with E-state index in [0.717, 1.165) is 32.3 Å². The molecule has 6 heteroatoms. The molecule has 0 bridgehead atoms. The van der Waals surface area contributed by atoms with Gasteiger partial charge >= 0.3 is 0 Å². The fourth-order valence-corrected chi connectivity index (χ4v) is 4.65. The highest BCUT2D eigenvalue weighted by Crippen LogP contribution is 2.32. The smallest absolute Gasteiger partial charge is 0.230 e. The molecule has 1 N–H and O–H groups in total. The Morgan fingerprint density at radius 2 is 2.08 bits per heavy atom. The van der Waals surface area contributed by atoms with Crippen LogP contribution in [0.5, 0.6) is 5.75 Å². The molecule has 1 aliphatic heterocycles. The van der Waals surface area contributed by atoms with Crippen molar-refractivity contribution in [3.05, 3.63) is 54.1 Å². The summed E-state index contributed by atoms with van der Waals surface area (Å²) < 4.78 is 7.71. The van der Waals surface area contributed by atoms with E-state index >= 15 is 0 Å². The van der Waals surface area contributed by atoms with E-state index in [1.165, 1.54) is 11.8 Å². The van der Waals surface area contributed by atoms with Gasteiger partial charge in [0, 0.05) is 12.0 Å². The number of thiazole rings is 1. The summed E-state index contributed by atoms with van der Waals surface area (Å²) in [4.78, 5) is 16.9. The van der Waals surface area contributed by atoms with Gasteiger partial charge in [0.2, 0.25) is 5.91 Å². The Labute approximate surface area is 148 Å². The monoisotopic (exact) mass is 356 g/mol. The molecule has 0 aliphatic carbocycles. The average molecular weight is 356 g/mol. The van der Waals surface area contributed by atoms with E-state index in [4.69, 9.17) is 4.74 Å². The van der Waals surface area contributed by atoms with Crippen molar-refractivity contribution in [2.24, 2.45) is 0 Å². The highest BCUT2D eigenvalue weighted by Gasteiger charge is 2.22. The number of ether oxygens (including phenoxy) is 1. The number of hydrogen-bond donors (Lipinski definition) is 1. The second-order valence-electron chi connectivity index (χ2n) is 5.53. The quantitative estimate of drug-likeness (QED) is 0.717. The summed E-state index contributed by atoms with van der Waals surface area (Å²) in [7, 11) is 0. The van der Waals surface area contributed by atoms with Gasteiger partial charge in [0.05, 0.1) is 28.6 Å². The van der Waals surface area contributed by atoms with Crippen LogP contribution in [-0.4, -0.2) is 23.3 Å². The van der Waals surface area contributed by atoms with Crippen molar-refractivity contribution in [3.63, 3.8) is 0 Å². The summed E-state index contributed by atoms with van der Waals surface area (Å²) >= 11 is 3.11. The molecule has 0 saturated heterocycles. The first-order valence-corrected chi connectivity index (χ1v) is 9.59. The first-order valence-electron chi connectivity index (χ1n) is 7.79. The lowest BCUT2D eigenvalue weighted by atomic mass is 10.0. The third kappa shape index (κ3) is 3.25. The average Bonchev–Trinajstić information content (AvgIpc) is 3.03. The van der Waals surface area contributed by atoms with Crippen molar-refractivity contribution in [1.29, 1.82) is 0 Å². The molecule has 0 spiro atoms. The number of nitrogens with one attached hydrogen (secondary N) is 1. The zero-order chi connectivity index (χ0) is 16.4. The minimum atomic E-state index is 0.0263. The minimum absolute atomic E-state index is 0.0263. The van der Waals surface area contributed by atoms with Crippen molar-refractivity contribution in [1.82, 2.24) is 10.3 Å². The Hall–Kier alpha value is -2.05. The van der Waals surface area contributed by atoms with E-state index in [-0.39, 0.29) is 11.9 Å². The van der Waals surface area contributed by atoms with Crippen molar-refractivity contribution < 1.29 is 9.53 Å². The highest BCUT2D eigenvalue weighted by molar-refractivity contribution is 8.01. The van der Waals surface area contributed by atoms with E-state index in [2.05, 4.69) is 16.4 Å². The minimum Gasteiger partial charge on any atom is -0.493 e. The summed E-state index contributed by atoms with van der Waals surface area (Å²) in [5, 5.41) is 3.12. The molecule has 2 aromatic carbocycles. The molecule has 3 aromatic rings. The van der Waals surface area contributed by atoms with Gasteiger partial charge < -0.3 is 10.1 Å². The lowest BCUT2D eigenvalue weighted by Crippen LogP contribution is -2.33. The Morgan fingerprint density at radius 1 is 1.25 bits per heavy atom. The van der Waals surface area contributed by atoms with Crippen LogP contribution in [0.3, 0.4) is 0 Å². The van der Waals surface area contributed by atoms with Gasteiger partial charge in [0.15, 0.2) is 4.34 Å². The van der Waals surface area contributed by atoms with Crippen LogP contribution in [0, 0.1) is 0 Å². The third-order valence-electron chi connectivity index (χ3n) is 3.89. The lowest BCUT2D eigenvalue weighted by molar-refractivity contribution is -0.119. The van der Waals surface area contributed by atoms with Crippen LogP contribution < -0.4 is 10.1 Å². The molecule has 1 amide bonds. The zero-order valence-electron chi connectivity index (χ0n) is 12.9. The van der Waals surface area contributed by atoms with Gasteiger partial charge in [-0.1, -0.05) is 42.1 Å². The van der Waals surface area contributed by atoms with Crippen LogP contribution >= 0.6 is 23.1 Å². The van der Waals surface area contributed by atoms with Gasteiger partial charge in [0.25, 0.3) is 0 Å². The van der Waals surface area contributed by atoms with Crippen LogP contribution in [0.4, 0.5) is 0 Å². The van der Waals surface area contributed by atoms with Crippen molar-refractivity contribution in [2.45, 2.75) is 16.8 Å². The highest BCUT2D eigenvalue weighted by atomic mass is 32.2. The molecule has 1 aromatic heterocycles. The van der Waals surface area contributed by atoms with Crippen LogP contribution in [-0.2, 0) is 4.79 Å². The Bertz CT molecular complexity index is 845. The molecule has 1 atom stereocenters. The Morgan fingerprint density at radius 3 is 3.00 bits per heavy atom. The number of carbonyl (C=O) groups excluding carboxylic acids is 1. The van der Waals surface area contributed by atoms with Gasteiger partial charge in [-0.3, -0.25) is 4.79 Å². The largest absolute Gasteiger partial charge is 0.493 e. The number of amides is 1. The fraction of sp³-hybridized carbons (Fsp3) is 0.222. The Kier molecular flexibility index (Phi) is 4.40. The number of aromatic nitrogens is 1. The predicted molar refractivity (Wildman–Crippen MR) is 97.8 cm³/mol. The second kappa shape index (κ2) is 6.83. The van der Waals surface area contributed by atoms with Crippen LogP contribution in [0.15, 0.2) is 52.9 Å². The molecular weight excluding hydrogens is 340 g/mol. The molecule has 1 unspecified atom stereocenters. The molecule has 2 heterocycles. The number of para-hydroxylation sites is 2. The number of nitrogens with zero attached hydrogens (tertiary/aromatic N) is 1.